The minimum Gasteiger partial charge on any atom is -0.497 e. The second-order valence-electron chi connectivity index (χ2n) is 7.76. The number of benzene rings is 2. The number of nitrogens with zero attached hydrogens (tertiary/aromatic N) is 3. The number of rotatable bonds is 4. The van der Waals surface area contributed by atoms with Crippen molar-refractivity contribution in [3.05, 3.63) is 42.0 Å². The summed E-state index contributed by atoms with van der Waals surface area (Å²) in [6.07, 6.45) is 1.60. The Labute approximate surface area is 200 Å². The third-order valence-electron chi connectivity index (χ3n) is 5.87. The molecule has 2 aliphatic rings. The number of piperazine rings is 1. The molecular weight excluding hydrogens is 507 g/mol. The zero-order valence-electron chi connectivity index (χ0n) is 18.2. The summed E-state index contributed by atoms with van der Waals surface area (Å²) in [6, 6.07) is 12.5. The van der Waals surface area contributed by atoms with E-state index in [0.717, 1.165) is 43.0 Å². The highest BCUT2D eigenvalue weighted by molar-refractivity contribution is 14.0. The fourth-order valence-corrected chi connectivity index (χ4v) is 4.14. The Morgan fingerprint density at radius 2 is 1.84 bits per heavy atom. The third kappa shape index (κ3) is 5.60. The lowest BCUT2D eigenvalue weighted by atomic mass is 10.1. The molecule has 1 atom stereocenters. The van der Waals surface area contributed by atoms with E-state index < -0.39 is 0 Å². The van der Waals surface area contributed by atoms with Crippen LogP contribution in [0, 0.1) is 0 Å². The lowest BCUT2D eigenvalue weighted by molar-refractivity contribution is -0.142. The summed E-state index contributed by atoms with van der Waals surface area (Å²) < 4.78 is 10.8. The van der Waals surface area contributed by atoms with E-state index >= 15 is 0 Å². The van der Waals surface area contributed by atoms with Crippen LogP contribution in [0.1, 0.15) is 18.4 Å². The van der Waals surface area contributed by atoms with Gasteiger partial charge < -0.3 is 24.6 Å². The Morgan fingerprint density at radius 1 is 1.13 bits per heavy atom. The predicted octanol–water partition coefficient (Wildman–Crippen LogP) is 2.87. The van der Waals surface area contributed by atoms with Crippen LogP contribution >= 0.6 is 24.0 Å². The van der Waals surface area contributed by atoms with E-state index in [2.05, 4.69) is 39.5 Å². The molecule has 2 heterocycles. The van der Waals surface area contributed by atoms with E-state index in [1.807, 2.05) is 17.0 Å². The largest absolute Gasteiger partial charge is 0.497 e. The number of carbonyl (C=O) groups is 1. The van der Waals surface area contributed by atoms with Crippen molar-refractivity contribution in [1.82, 2.24) is 15.1 Å². The molecule has 168 valence electrons. The smallest absolute Gasteiger partial charge is 0.251 e. The summed E-state index contributed by atoms with van der Waals surface area (Å²) in [5.74, 6) is 1.88. The summed E-state index contributed by atoms with van der Waals surface area (Å²) in [6.45, 7) is 4.36. The lowest BCUT2D eigenvalue weighted by Gasteiger charge is -2.37. The quantitative estimate of drug-likeness (QED) is 0.369. The van der Waals surface area contributed by atoms with E-state index in [-0.39, 0.29) is 36.0 Å². The first-order chi connectivity index (χ1) is 14.7. The first-order valence-corrected chi connectivity index (χ1v) is 10.6. The zero-order chi connectivity index (χ0) is 20.9. The molecule has 0 aromatic heterocycles. The third-order valence-corrected chi connectivity index (χ3v) is 5.87. The van der Waals surface area contributed by atoms with Crippen molar-refractivity contribution in [2.45, 2.75) is 25.5 Å². The van der Waals surface area contributed by atoms with Crippen LogP contribution in [0.25, 0.3) is 10.8 Å². The van der Waals surface area contributed by atoms with E-state index in [4.69, 9.17) is 9.47 Å². The maximum atomic E-state index is 12.5. The molecule has 2 fully saturated rings. The highest BCUT2D eigenvalue weighted by Gasteiger charge is 2.30. The summed E-state index contributed by atoms with van der Waals surface area (Å²) in [7, 11) is 3.49. The van der Waals surface area contributed by atoms with Crippen molar-refractivity contribution in [2.24, 2.45) is 4.99 Å². The van der Waals surface area contributed by atoms with Crippen LogP contribution in [0.3, 0.4) is 0 Å². The molecule has 2 saturated heterocycles. The van der Waals surface area contributed by atoms with Gasteiger partial charge in [0.05, 0.1) is 7.11 Å². The predicted molar refractivity (Wildman–Crippen MR) is 133 cm³/mol. The number of guanidine groups is 1. The van der Waals surface area contributed by atoms with Gasteiger partial charge in [0.1, 0.15) is 11.9 Å². The van der Waals surface area contributed by atoms with Crippen molar-refractivity contribution >= 4 is 46.6 Å². The number of ether oxygens (including phenoxy) is 2. The van der Waals surface area contributed by atoms with Gasteiger partial charge in [0.25, 0.3) is 5.91 Å². The zero-order valence-corrected chi connectivity index (χ0v) is 20.5. The molecule has 0 spiro atoms. The molecule has 1 unspecified atom stereocenters. The summed E-state index contributed by atoms with van der Waals surface area (Å²) in [5, 5.41) is 5.81. The van der Waals surface area contributed by atoms with Crippen LogP contribution in [-0.4, -0.2) is 74.7 Å². The number of fused-ring (bicyclic) bond motifs is 1. The van der Waals surface area contributed by atoms with Gasteiger partial charge in [0.2, 0.25) is 0 Å². The summed E-state index contributed by atoms with van der Waals surface area (Å²) in [4.78, 5) is 21.1. The van der Waals surface area contributed by atoms with Crippen LogP contribution in [0.5, 0.6) is 5.75 Å². The van der Waals surface area contributed by atoms with E-state index in [0.29, 0.717) is 26.2 Å². The molecule has 0 bridgehead atoms. The maximum Gasteiger partial charge on any atom is 0.251 e. The maximum absolute atomic E-state index is 12.5. The van der Waals surface area contributed by atoms with Gasteiger partial charge in [-0.15, -0.1) is 24.0 Å². The monoisotopic (exact) mass is 538 g/mol. The molecular formula is C23H31IN4O3. The van der Waals surface area contributed by atoms with Gasteiger partial charge >= 0.3 is 0 Å². The van der Waals surface area contributed by atoms with E-state index in [1.54, 1.807) is 14.2 Å². The Balaban J connectivity index is 0.00000272. The van der Waals surface area contributed by atoms with Crippen LogP contribution in [0.15, 0.2) is 41.4 Å². The van der Waals surface area contributed by atoms with Gasteiger partial charge in [-0.3, -0.25) is 9.79 Å². The van der Waals surface area contributed by atoms with Gasteiger partial charge in [-0.2, -0.15) is 0 Å². The Kier molecular flexibility index (Phi) is 8.36. The lowest BCUT2D eigenvalue weighted by Crippen LogP contribution is -2.55. The molecule has 1 N–H and O–H groups in total. The van der Waals surface area contributed by atoms with Crippen LogP contribution < -0.4 is 10.1 Å². The van der Waals surface area contributed by atoms with Crippen molar-refractivity contribution in [3.63, 3.8) is 0 Å². The van der Waals surface area contributed by atoms with Gasteiger partial charge in [0.15, 0.2) is 5.96 Å². The van der Waals surface area contributed by atoms with E-state index in [9.17, 15) is 4.79 Å². The van der Waals surface area contributed by atoms with Gasteiger partial charge in [-0.25, -0.2) is 0 Å². The van der Waals surface area contributed by atoms with Crippen LogP contribution in [0.4, 0.5) is 0 Å². The number of halogens is 1. The molecule has 8 heteroatoms. The standard InChI is InChI=1S/C23H30N4O3.HI/c1-24-23(27-11-9-26(10-12-27)22(28)21-4-3-13-30-21)25-16-17-5-6-19-15-20(29-2)8-7-18(19)14-17;/h5-8,14-15,21H,3-4,9-13,16H2,1-2H3,(H,24,25);1H. The molecule has 1 amide bonds. The normalized spacial score (nSPS) is 19.3. The molecule has 4 rings (SSSR count). The number of nitrogens with one attached hydrogen (secondary N) is 1. The number of amides is 1. The van der Waals surface area contributed by atoms with Crippen molar-refractivity contribution in [2.75, 3.05) is 46.9 Å². The number of carbonyl (C=O) groups excluding carboxylic acids is 1. The number of hydrogen-bond acceptors (Lipinski definition) is 4. The Morgan fingerprint density at radius 3 is 2.52 bits per heavy atom. The average molecular weight is 538 g/mol. The first-order valence-electron chi connectivity index (χ1n) is 10.6. The van der Waals surface area contributed by atoms with Gasteiger partial charge in [-0.1, -0.05) is 18.2 Å². The van der Waals surface area contributed by atoms with Crippen LogP contribution in [0.2, 0.25) is 0 Å². The molecule has 2 aromatic carbocycles. The van der Waals surface area contributed by atoms with E-state index in [1.165, 1.54) is 10.9 Å². The molecule has 0 saturated carbocycles. The molecule has 0 aliphatic carbocycles. The second kappa shape index (κ2) is 11.0. The van der Waals surface area contributed by atoms with Crippen LogP contribution in [-0.2, 0) is 16.1 Å². The number of hydrogen-bond donors (Lipinski definition) is 1. The molecule has 2 aliphatic heterocycles. The minimum atomic E-state index is -0.234. The average Bonchev–Trinajstić information content (AvgIpc) is 3.34. The Hall–Kier alpha value is -2.07. The minimum absolute atomic E-state index is 0. The van der Waals surface area contributed by atoms with Crippen molar-refractivity contribution in [3.8, 4) is 5.75 Å². The topological polar surface area (TPSA) is 66.4 Å². The molecule has 0 radical (unpaired) electrons. The molecule has 7 nitrogen and oxygen atoms in total. The van der Waals surface area contributed by atoms with Crippen molar-refractivity contribution < 1.29 is 14.3 Å². The van der Waals surface area contributed by atoms with Gasteiger partial charge in [0, 0.05) is 46.4 Å². The fraction of sp³-hybridized carbons (Fsp3) is 0.478. The number of aliphatic imine (C=N–C) groups is 1. The van der Waals surface area contributed by atoms with Crippen molar-refractivity contribution in [1.29, 1.82) is 0 Å². The highest BCUT2D eigenvalue weighted by atomic mass is 127. The SMILES string of the molecule is CN=C(NCc1ccc2cc(OC)ccc2c1)N1CCN(C(=O)C2CCCO2)CC1.I. The molecule has 2 aromatic rings. The molecule has 31 heavy (non-hydrogen) atoms. The summed E-state index contributed by atoms with van der Waals surface area (Å²) in [5.41, 5.74) is 1.20. The highest BCUT2D eigenvalue weighted by Crippen LogP contribution is 2.22. The first kappa shape index (κ1) is 23.6. The second-order valence-corrected chi connectivity index (χ2v) is 7.76. The Bertz CT molecular complexity index is 922. The fourth-order valence-electron chi connectivity index (χ4n) is 4.14. The summed E-state index contributed by atoms with van der Waals surface area (Å²) >= 11 is 0. The number of methoxy groups -OCH3 is 1. The van der Waals surface area contributed by atoms with Gasteiger partial charge in [-0.05, 0) is 47.4 Å².